The van der Waals surface area contributed by atoms with Gasteiger partial charge in [0.15, 0.2) is 0 Å². The normalized spacial score (nSPS) is 20.2. The molecule has 2 aliphatic carbocycles. The molecule has 26 heavy (non-hydrogen) atoms. The highest BCUT2D eigenvalue weighted by Crippen LogP contribution is 2.53. The summed E-state index contributed by atoms with van der Waals surface area (Å²) < 4.78 is 5.48. The lowest BCUT2D eigenvalue weighted by Crippen LogP contribution is -2.41. The fourth-order valence-corrected chi connectivity index (χ4v) is 3.28. The van der Waals surface area contributed by atoms with E-state index >= 15 is 0 Å². The Bertz CT molecular complexity index is 688. The fourth-order valence-electron chi connectivity index (χ4n) is 3.28. The summed E-state index contributed by atoms with van der Waals surface area (Å²) in [5.41, 5.74) is 0.607. The molecule has 1 spiro atoms. The van der Waals surface area contributed by atoms with Crippen molar-refractivity contribution in [3.8, 4) is 0 Å². The average molecular weight is 355 g/mol. The van der Waals surface area contributed by atoms with Crippen molar-refractivity contribution < 1.29 is 9.21 Å². The van der Waals surface area contributed by atoms with E-state index in [0.717, 1.165) is 25.9 Å². The first-order valence-electron chi connectivity index (χ1n) is 9.44. The Morgan fingerprint density at radius 2 is 1.85 bits per heavy atom. The second-order valence-corrected chi connectivity index (χ2v) is 7.48. The summed E-state index contributed by atoms with van der Waals surface area (Å²) >= 11 is 0. The van der Waals surface area contributed by atoms with Crippen LogP contribution in [0.15, 0.2) is 35.0 Å². The van der Waals surface area contributed by atoms with Gasteiger partial charge < -0.3 is 14.6 Å². The van der Waals surface area contributed by atoms with Crippen molar-refractivity contribution in [1.82, 2.24) is 20.1 Å². The number of hydrogen-bond donors (Lipinski definition) is 1. The van der Waals surface area contributed by atoms with Crippen LogP contribution < -0.4 is 5.32 Å². The Morgan fingerprint density at radius 1 is 1.12 bits per heavy atom. The third-order valence-corrected chi connectivity index (χ3v) is 5.46. The molecule has 2 aromatic rings. The van der Waals surface area contributed by atoms with Gasteiger partial charge in [-0.15, -0.1) is 5.10 Å². The summed E-state index contributed by atoms with van der Waals surface area (Å²) in [5.74, 6) is 1.28. The van der Waals surface area contributed by atoms with Crippen LogP contribution >= 0.6 is 0 Å². The molecule has 0 unspecified atom stereocenters. The zero-order valence-corrected chi connectivity index (χ0v) is 14.9. The Morgan fingerprint density at radius 3 is 2.38 bits per heavy atom. The van der Waals surface area contributed by atoms with Crippen LogP contribution in [0.2, 0.25) is 0 Å². The highest BCUT2D eigenvalue weighted by atomic mass is 16.4. The van der Waals surface area contributed by atoms with Crippen molar-refractivity contribution in [2.45, 2.75) is 44.4 Å². The van der Waals surface area contributed by atoms with Gasteiger partial charge in [-0.2, -0.15) is 0 Å². The molecular weight excluding hydrogens is 330 g/mol. The van der Waals surface area contributed by atoms with E-state index in [1.54, 1.807) is 12.4 Å². The molecule has 3 fully saturated rings. The monoisotopic (exact) mass is 355 g/mol. The maximum absolute atomic E-state index is 12.1. The third kappa shape index (κ3) is 4.39. The summed E-state index contributed by atoms with van der Waals surface area (Å²) in [6.07, 6.45) is 10.8. The van der Waals surface area contributed by atoms with Gasteiger partial charge in [-0.25, -0.2) is 0 Å². The van der Waals surface area contributed by atoms with E-state index in [2.05, 4.69) is 20.5 Å². The highest BCUT2D eigenvalue weighted by molar-refractivity contribution is 5.80. The average Bonchev–Trinajstić information content (AvgIpc) is 3.63. The molecule has 1 N–H and O–H groups in total. The first-order valence-corrected chi connectivity index (χ1v) is 9.44. The number of rotatable bonds is 4. The van der Waals surface area contributed by atoms with Gasteiger partial charge in [0.1, 0.15) is 0 Å². The molecule has 0 bridgehead atoms. The molecule has 2 aromatic heterocycles. The van der Waals surface area contributed by atoms with E-state index < -0.39 is 0 Å². The number of carbonyl (C=O) groups is 1. The summed E-state index contributed by atoms with van der Waals surface area (Å²) in [6.45, 7) is 2.05. The van der Waals surface area contributed by atoms with Crippen LogP contribution in [0.1, 0.15) is 50.3 Å². The van der Waals surface area contributed by atoms with Gasteiger partial charge in [0, 0.05) is 31.4 Å². The van der Waals surface area contributed by atoms with E-state index in [4.69, 9.17) is 4.42 Å². The van der Waals surface area contributed by atoms with Gasteiger partial charge in [-0.05, 0) is 56.1 Å². The maximum atomic E-state index is 12.1. The van der Waals surface area contributed by atoms with Gasteiger partial charge in [0.05, 0.1) is 6.54 Å². The summed E-state index contributed by atoms with van der Waals surface area (Å²) in [6, 6.07) is 6.09. The number of nitrogens with one attached hydrogen (secondary N) is 1. The molecule has 5 rings (SSSR count). The van der Waals surface area contributed by atoms with Gasteiger partial charge in [0.25, 0.3) is 0 Å². The SMILES string of the molecule is O=C(CNc1nnc(C2CC2)o1)N1CCC2(CC1)CC2.c1ccncc1. The summed E-state index contributed by atoms with van der Waals surface area (Å²) in [7, 11) is 0. The van der Waals surface area contributed by atoms with Crippen molar-refractivity contribution in [2.24, 2.45) is 5.41 Å². The van der Waals surface area contributed by atoms with Crippen LogP contribution in [0.4, 0.5) is 6.01 Å². The first kappa shape index (κ1) is 17.0. The van der Waals surface area contributed by atoms with E-state index in [0.29, 0.717) is 23.2 Å². The summed E-state index contributed by atoms with van der Waals surface area (Å²) in [5, 5.41) is 10.9. The predicted molar refractivity (Wildman–Crippen MR) is 96.5 cm³/mol. The van der Waals surface area contributed by atoms with Gasteiger partial charge >= 0.3 is 6.01 Å². The minimum Gasteiger partial charge on any atom is -0.408 e. The third-order valence-electron chi connectivity index (χ3n) is 5.46. The topological polar surface area (TPSA) is 84.2 Å². The van der Waals surface area contributed by atoms with Crippen molar-refractivity contribution in [3.63, 3.8) is 0 Å². The largest absolute Gasteiger partial charge is 0.408 e. The molecule has 1 aliphatic heterocycles. The Kier molecular flexibility index (Phi) is 4.86. The molecule has 138 valence electrons. The van der Waals surface area contributed by atoms with Gasteiger partial charge in [-0.1, -0.05) is 11.2 Å². The molecule has 7 heteroatoms. The Hall–Kier alpha value is -2.44. The van der Waals surface area contributed by atoms with Crippen LogP contribution in [0.25, 0.3) is 0 Å². The molecule has 1 saturated heterocycles. The lowest BCUT2D eigenvalue weighted by molar-refractivity contribution is -0.130. The molecule has 3 aliphatic rings. The lowest BCUT2D eigenvalue weighted by Gasteiger charge is -2.32. The molecule has 3 heterocycles. The number of piperidine rings is 1. The molecule has 0 aromatic carbocycles. The number of amides is 1. The standard InChI is InChI=1S/C14H20N4O2.C5H5N/c19-11(18-7-5-14(3-4-14)6-8-18)9-15-13-17-16-12(20-13)10-1-2-10;1-2-4-6-5-3-1/h10H,1-9H2,(H,15,17);1-5H. The predicted octanol–water partition coefficient (Wildman–Crippen LogP) is 2.84. The van der Waals surface area contributed by atoms with Crippen molar-refractivity contribution >= 4 is 11.9 Å². The molecule has 0 atom stereocenters. The molecule has 1 amide bonds. The van der Waals surface area contributed by atoms with E-state index in [1.807, 2.05) is 23.1 Å². The number of hydrogen-bond acceptors (Lipinski definition) is 6. The van der Waals surface area contributed by atoms with Crippen molar-refractivity contribution in [1.29, 1.82) is 0 Å². The minimum atomic E-state index is 0.131. The van der Waals surface area contributed by atoms with Crippen molar-refractivity contribution in [3.05, 3.63) is 36.5 Å². The molecular formula is C19H25N5O2. The lowest BCUT2D eigenvalue weighted by atomic mass is 9.94. The second kappa shape index (κ2) is 7.43. The minimum absolute atomic E-state index is 0.131. The quantitative estimate of drug-likeness (QED) is 0.908. The maximum Gasteiger partial charge on any atom is 0.315 e. The van der Waals surface area contributed by atoms with Gasteiger partial charge in [0.2, 0.25) is 11.8 Å². The van der Waals surface area contributed by atoms with Crippen LogP contribution in [0, 0.1) is 5.41 Å². The van der Waals surface area contributed by atoms with Crippen molar-refractivity contribution in [2.75, 3.05) is 25.0 Å². The number of pyridine rings is 1. The molecule has 7 nitrogen and oxygen atoms in total. The zero-order chi connectivity index (χ0) is 17.8. The van der Waals surface area contributed by atoms with Gasteiger partial charge in [-0.3, -0.25) is 9.78 Å². The van der Waals surface area contributed by atoms with Crippen LogP contribution in [0.5, 0.6) is 0 Å². The van der Waals surface area contributed by atoms with Crippen LogP contribution in [-0.4, -0.2) is 45.6 Å². The summed E-state index contributed by atoms with van der Waals surface area (Å²) in [4.78, 5) is 17.9. The number of likely N-dealkylation sites (tertiary alicyclic amines) is 1. The van der Waals surface area contributed by atoms with E-state index in [-0.39, 0.29) is 12.5 Å². The Labute approximate surface area is 153 Å². The van der Waals surface area contributed by atoms with Crippen LogP contribution in [0.3, 0.4) is 0 Å². The number of carbonyl (C=O) groups excluding carboxylic acids is 1. The number of anilines is 1. The fraction of sp³-hybridized carbons (Fsp3) is 0.579. The first-order chi connectivity index (χ1) is 12.7. The zero-order valence-electron chi connectivity index (χ0n) is 14.9. The highest BCUT2D eigenvalue weighted by Gasteiger charge is 2.45. The molecule has 0 radical (unpaired) electrons. The smallest absolute Gasteiger partial charge is 0.315 e. The number of aromatic nitrogens is 3. The number of nitrogens with zero attached hydrogens (tertiary/aromatic N) is 4. The van der Waals surface area contributed by atoms with Crippen LogP contribution in [-0.2, 0) is 4.79 Å². The molecule has 2 saturated carbocycles. The Balaban J connectivity index is 0.000000240. The van der Waals surface area contributed by atoms with E-state index in [1.165, 1.54) is 25.7 Å². The second-order valence-electron chi connectivity index (χ2n) is 7.48. The van der Waals surface area contributed by atoms with E-state index in [9.17, 15) is 4.79 Å².